The molecule has 8 heteroatoms. The van der Waals surface area contributed by atoms with Crippen molar-refractivity contribution < 1.29 is 27.0 Å². The van der Waals surface area contributed by atoms with Gasteiger partial charge in [-0.25, -0.2) is 4.39 Å². The lowest BCUT2D eigenvalue weighted by Gasteiger charge is -2.25. The first-order chi connectivity index (χ1) is 12.4. The molecule has 3 rings (SSSR count). The normalized spacial score (nSPS) is 17.2. The Morgan fingerprint density at radius 2 is 1.73 bits per heavy atom. The summed E-state index contributed by atoms with van der Waals surface area (Å²) in [7, 11) is 0. The summed E-state index contributed by atoms with van der Waals surface area (Å²) in [6.45, 7) is 2.42. The third kappa shape index (κ3) is 4.37. The van der Waals surface area contributed by atoms with Crippen LogP contribution in [0.4, 0.5) is 28.9 Å². The Bertz CT molecular complexity index is 750. The summed E-state index contributed by atoms with van der Waals surface area (Å²) in [5.41, 5.74) is 2.02. The van der Waals surface area contributed by atoms with Crippen molar-refractivity contribution in [2.45, 2.75) is 32.0 Å². The molecule has 0 aromatic heterocycles. The zero-order valence-corrected chi connectivity index (χ0v) is 13.9. The molecule has 0 radical (unpaired) electrons. The van der Waals surface area contributed by atoms with Gasteiger partial charge in [0.05, 0.1) is 11.4 Å². The van der Waals surface area contributed by atoms with Crippen LogP contribution < -0.4 is 15.4 Å². The second-order valence-electron chi connectivity index (χ2n) is 5.86. The Labute approximate surface area is 148 Å². The van der Waals surface area contributed by atoms with Gasteiger partial charge in [0.15, 0.2) is 0 Å². The van der Waals surface area contributed by atoms with E-state index < -0.39 is 12.5 Å². The van der Waals surface area contributed by atoms with Crippen LogP contribution >= 0.6 is 0 Å². The molecule has 2 aromatic carbocycles. The molecule has 4 nitrogen and oxygen atoms in total. The molecule has 0 fully saturated rings. The minimum atomic E-state index is -4.74. The van der Waals surface area contributed by atoms with Gasteiger partial charge in [0.2, 0.25) is 0 Å². The van der Waals surface area contributed by atoms with E-state index in [1.165, 1.54) is 36.4 Å². The standard InChI is InChI=1S/C18H18F4N2O2/c1-2-9-25-16(11-3-6-13(7-4-11)26-18(20,21)22)17-23-14-8-5-12(19)10-15(14)24-17/h3-8,10,16-17,23-24H,2,9H2,1H3. The number of alkyl halides is 3. The summed E-state index contributed by atoms with van der Waals surface area (Å²) in [5.74, 6) is -0.661. The first-order valence-corrected chi connectivity index (χ1v) is 8.15. The van der Waals surface area contributed by atoms with Gasteiger partial charge in [-0.2, -0.15) is 0 Å². The largest absolute Gasteiger partial charge is 0.573 e. The quantitative estimate of drug-likeness (QED) is 0.698. The van der Waals surface area contributed by atoms with Crippen molar-refractivity contribution in [3.63, 3.8) is 0 Å². The zero-order chi connectivity index (χ0) is 18.7. The smallest absolute Gasteiger partial charge is 0.406 e. The van der Waals surface area contributed by atoms with Crippen LogP contribution in [0.5, 0.6) is 5.75 Å². The number of fused-ring (bicyclic) bond motifs is 1. The van der Waals surface area contributed by atoms with E-state index in [1.807, 2.05) is 6.92 Å². The summed E-state index contributed by atoms with van der Waals surface area (Å²) in [4.78, 5) is 0. The van der Waals surface area contributed by atoms with E-state index in [0.29, 0.717) is 17.9 Å². The maximum Gasteiger partial charge on any atom is 0.573 e. The average Bonchev–Trinajstić information content (AvgIpc) is 2.98. The van der Waals surface area contributed by atoms with Crippen molar-refractivity contribution >= 4 is 11.4 Å². The predicted octanol–water partition coefficient (Wildman–Crippen LogP) is 5.06. The Kier molecular flexibility index (Phi) is 5.22. The Morgan fingerprint density at radius 1 is 1.04 bits per heavy atom. The molecule has 26 heavy (non-hydrogen) atoms. The molecule has 0 amide bonds. The molecule has 2 N–H and O–H groups in total. The van der Waals surface area contributed by atoms with Gasteiger partial charge in [-0.1, -0.05) is 19.1 Å². The van der Waals surface area contributed by atoms with Crippen molar-refractivity contribution in [3.8, 4) is 5.75 Å². The molecule has 1 aliphatic heterocycles. The van der Waals surface area contributed by atoms with Gasteiger partial charge in [0.25, 0.3) is 0 Å². The minimum Gasteiger partial charge on any atom is -0.406 e. The molecule has 0 spiro atoms. The van der Waals surface area contributed by atoms with Crippen molar-refractivity contribution in [2.24, 2.45) is 0 Å². The average molecular weight is 370 g/mol. The number of hydrogen-bond donors (Lipinski definition) is 2. The van der Waals surface area contributed by atoms with E-state index in [4.69, 9.17) is 4.74 Å². The number of rotatable bonds is 6. The molecular weight excluding hydrogens is 352 g/mol. The van der Waals surface area contributed by atoms with Crippen molar-refractivity contribution in [1.29, 1.82) is 0 Å². The van der Waals surface area contributed by atoms with Crippen LogP contribution in [0.3, 0.4) is 0 Å². The fourth-order valence-corrected chi connectivity index (χ4v) is 2.77. The summed E-state index contributed by atoms with van der Waals surface area (Å²) >= 11 is 0. The lowest BCUT2D eigenvalue weighted by Crippen LogP contribution is -2.32. The lowest BCUT2D eigenvalue weighted by atomic mass is 10.1. The van der Waals surface area contributed by atoms with Gasteiger partial charge in [0.1, 0.15) is 23.8 Å². The number of halogens is 4. The number of ether oxygens (including phenoxy) is 2. The maximum absolute atomic E-state index is 13.4. The van der Waals surface area contributed by atoms with Crippen molar-refractivity contribution in [2.75, 3.05) is 17.2 Å². The first kappa shape index (κ1) is 18.3. The van der Waals surface area contributed by atoms with Gasteiger partial charge in [-0.05, 0) is 42.3 Å². The molecule has 2 atom stereocenters. The predicted molar refractivity (Wildman–Crippen MR) is 89.5 cm³/mol. The fraction of sp³-hybridized carbons (Fsp3) is 0.333. The van der Waals surface area contributed by atoms with E-state index in [1.54, 1.807) is 6.07 Å². The highest BCUT2D eigenvalue weighted by Gasteiger charge is 2.32. The second kappa shape index (κ2) is 7.41. The molecule has 1 aliphatic rings. The molecule has 1 heterocycles. The Balaban J connectivity index is 1.78. The molecule has 2 aromatic rings. The molecule has 0 saturated carbocycles. The molecule has 140 valence electrons. The van der Waals surface area contributed by atoms with Gasteiger partial charge >= 0.3 is 6.36 Å². The number of hydrogen-bond acceptors (Lipinski definition) is 4. The van der Waals surface area contributed by atoms with Gasteiger partial charge in [-0.3, -0.25) is 0 Å². The van der Waals surface area contributed by atoms with Gasteiger partial charge in [0, 0.05) is 6.61 Å². The highest BCUT2D eigenvalue weighted by molar-refractivity contribution is 5.74. The fourth-order valence-electron chi connectivity index (χ4n) is 2.77. The molecule has 0 bridgehead atoms. The molecule has 0 aliphatic carbocycles. The number of nitrogens with one attached hydrogen (secondary N) is 2. The van der Waals surface area contributed by atoms with Crippen molar-refractivity contribution in [1.82, 2.24) is 0 Å². The van der Waals surface area contributed by atoms with E-state index >= 15 is 0 Å². The maximum atomic E-state index is 13.4. The van der Waals surface area contributed by atoms with Crippen LogP contribution in [-0.4, -0.2) is 19.1 Å². The number of benzene rings is 2. The topological polar surface area (TPSA) is 42.5 Å². The SMILES string of the molecule is CCCOC(c1ccc(OC(F)(F)F)cc1)C1Nc2ccc(F)cc2N1. The summed E-state index contributed by atoms with van der Waals surface area (Å²) in [6.07, 6.45) is -4.82. The summed E-state index contributed by atoms with van der Waals surface area (Å²) < 4.78 is 60.1. The monoisotopic (exact) mass is 370 g/mol. The van der Waals surface area contributed by atoms with Gasteiger partial charge < -0.3 is 20.1 Å². The van der Waals surface area contributed by atoms with Crippen LogP contribution in [0.1, 0.15) is 25.0 Å². The highest BCUT2D eigenvalue weighted by Crippen LogP contribution is 2.36. The summed E-state index contributed by atoms with van der Waals surface area (Å²) in [6, 6.07) is 9.87. The Hall–Kier alpha value is -2.48. The van der Waals surface area contributed by atoms with Crippen molar-refractivity contribution in [3.05, 3.63) is 53.8 Å². The van der Waals surface area contributed by atoms with Crippen LogP contribution in [0, 0.1) is 5.82 Å². The van der Waals surface area contributed by atoms with Crippen LogP contribution in [-0.2, 0) is 4.74 Å². The van der Waals surface area contributed by atoms with E-state index in [0.717, 1.165) is 12.1 Å². The minimum absolute atomic E-state index is 0.298. The molecular formula is C18H18F4N2O2. The first-order valence-electron chi connectivity index (χ1n) is 8.15. The van der Waals surface area contributed by atoms with E-state index in [-0.39, 0.29) is 17.7 Å². The van der Waals surface area contributed by atoms with E-state index in [9.17, 15) is 17.6 Å². The van der Waals surface area contributed by atoms with Crippen LogP contribution in [0.2, 0.25) is 0 Å². The molecule has 0 saturated heterocycles. The third-order valence-electron chi connectivity index (χ3n) is 3.85. The second-order valence-corrected chi connectivity index (χ2v) is 5.86. The molecule has 2 unspecified atom stereocenters. The van der Waals surface area contributed by atoms with Gasteiger partial charge in [-0.15, -0.1) is 13.2 Å². The zero-order valence-electron chi connectivity index (χ0n) is 13.9. The van der Waals surface area contributed by atoms with E-state index in [2.05, 4.69) is 15.4 Å². The van der Waals surface area contributed by atoms with Crippen LogP contribution in [0.25, 0.3) is 0 Å². The lowest BCUT2D eigenvalue weighted by molar-refractivity contribution is -0.274. The van der Waals surface area contributed by atoms with Crippen LogP contribution in [0.15, 0.2) is 42.5 Å². The number of anilines is 2. The Morgan fingerprint density at radius 3 is 2.38 bits per heavy atom. The summed E-state index contributed by atoms with van der Waals surface area (Å²) in [5, 5.41) is 6.36. The third-order valence-corrected chi connectivity index (χ3v) is 3.85. The highest BCUT2D eigenvalue weighted by atomic mass is 19.4.